The molecule has 0 saturated heterocycles. The van der Waals surface area contributed by atoms with Crippen LogP contribution in [0.25, 0.3) is 0 Å². The quantitative estimate of drug-likeness (QED) is 0.828. The number of nitrogens with one attached hydrogen (secondary N) is 1. The van der Waals surface area contributed by atoms with E-state index in [1.54, 1.807) is 13.1 Å². The number of rotatable bonds is 6. The standard InChI is InChI=1S/C13H15FN2O3S/c1-10-7-12(14)4-5-13(10)20(17,18)16-6-2-3-11-8-15-19-9-11/h4-5,7-9,16H,2-3,6H2,1H3. The Morgan fingerprint density at radius 3 is 2.85 bits per heavy atom. The molecule has 0 bridgehead atoms. The lowest BCUT2D eigenvalue weighted by atomic mass is 10.2. The lowest BCUT2D eigenvalue weighted by Crippen LogP contribution is -2.25. The summed E-state index contributed by atoms with van der Waals surface area (Å²) in [6, 6.07) is 3.61. The van der Waals surface area contributed by atoms with Crippen LogP contribution in [0.1, 0.15) is 17.5 Å². The maximum Gasteiger partial charge on any atom is 0.240 e. The van der Waals surface area contributed by atoms with Crippen molar-refractivity contribution in [1.82, 2.24) is 9.88 Å². The van der Waals surface area contributed by atoms with E-state index in [1.807, 2.05) is 0 Å². The zero-order chi connectivity index (χ0) is 14.6. The number of aryl methyl sites for hydroxylation is 2. The fraction of sp³-hybridized carbons (Fsp3) is 0.308. The molecule has 0 amide bonds. The first kappa shape index (κ1) is 14.7. The third-order valence-electron chi connectivity index (χ3n) is 2.84. The predicted octanol–water partition coefficient (Wildman–Crippen LogP) is 2.03. The molecule has 0 unspecified atom stereocenters. The van der Waals surface area contributed by atoms with Crippen LogP contribution in [0, 0.1) is 12.7 Å². The summed E-state index contributed by atoms with van der Waals surface area (Å²) in [4.78, 5) is 0.101. The molecule has 0 radical (unpaired) electrons. The van der Waals surface area contributed by atoms with E-state index in [0.29, 0.717) is 24.9 Å². The molecule has 1 heterocycles. The highest BCUT2D eigenvalue weighted by molar-refractivity contribution is 7.89. The van der Waals surface area contributed by atoms with E-state index >= 15 is 0 Å². The van der Waals surface area contributed by atoms with Crippen LogP contribution in [0.4, 0.5) is 4.39 Å². The zero-order valence-corrected chi connectivity index (χ0v) is 11.8. The van der Waals surface area contributed by atoms with Crippen molar-refractivity contribution in [2.24, 2.45) is 0 Å². The first-order valence-corrected chi connectivity index (χ1v) is 7.61. The van der Waals surface area contributed by atoms with Crippen molar-refractivity contribution in [3.8, 4) is 0 Å². The van der Waals surface area contributed by atoms with E-state index in [1.165, 1.54) is 18.4 Å². The van der Waals surface area contributed by atoms with Gasteiger partial charge < -0.3 is 4.52 Å². The van der Waals surface area contributed by atoms with Crippen LogP contribution in [-0.4, -0.2) is 20.1 Å². The summed E-state index contributed by atoms with van der Waals surface area (Å²) in [7, 11) is -3.60. The summed E-state index contributed by atoms with van der Waals surface area (Å²) in [5.41, 5.74) is 1.30. The van der Waals surface area contributed by atoms with Crippen molar-refractivity contribution >= 4 is 10.0 Å². The molecule has 1 N–H and O–H groups in total. The van der Waals surface area contributed by atoms with E-state index in [-0.39, 0.29) is 4.90 Å². The fourth-order valence-corrected chi connectivity index (χ4v) is 3.14. The molecule has 0 fully saturated rings. The van der Waals surface area contributed by atoms with Gasteiger partial charge in [-0.1, -0.05) is 5.16 Å². The van der Waals surface area contributed by atoms with E-state index in [0.717, 1.165) is 11.6 Å². The van der Waals surface area contributed by atoms with Gasteiger partial charge in [0.1, 0.15) is 12.1 Å². The number of hydrogen-bond donors (Lipinski definition) is 1. The molecule has 0 atom stereocenters. The van der Waals surface area contributed by atoms with Gasteiger partial charge in [0, 0.05) is 12.1 Å². The molecule has 108 valence electrons. The Hall–Kier alpha value is -1.73. The topological polar surface area (TPSA) is 72.2 Å². The number of nitrogens with zero attached hydrogens (tertiary/aromatic N) is 1. The van der Waals surface area contributed by atoms with Gasteiger partial charge in [-0.2, -0.15) is 0 Å². The summed E-state index contributed by atoms with van der Waals surface area (Å²) in [6.45, 7) is 1.86. The number of halogens is 1. The molecule has 0 aliphatic heterocycles. The highest BCUT2D eigenvalue weighted by atomic mass is 32.2. The second-order valence-corrected chi connectivity index (χ2v) is 6.18. The first-order chi connectivity index (χ1) is 9.49. The van der Waals surface area contributed by atoms with E-state index in [4.69, 9.17) is 0 Å². The summed E-state index contributed by atoms with van der Waals surface area (Å²) >= 11 is 0. The molecule has 0 aliphatic rings. The second-order valence-electron chi connectivity index (χ2n) is 4.44. The van der Waals surface area contributed by atoms with Gasteiger partial charge in [0.15, 0.2) is 0 Å². The Morgan fingerprint density at radius 2 is 2.20 bits per heavy atom. The largest absolute Gasteiger partial charge is 0.364 e. The highest BCUT2D eigenvalue weighted by Gasteiger charge is 2.16. The molecule has 5 nitrogen and oxygen atoms in total. The third kappa shape index (κ3) is 3.64. The van der Waals surface area contributed by atoms with Crippen molar-refractivity contribution in [3.05, 3.63) is 47.6 Å². The Kier molecular flexibility index (Phi) is 4.51. The molecule has 1 aromatic heterocycles. The molecule has 2 aromatic rings. The molecule has 0 aliphatic carbocycles. The number of hydrogen-bond acceptors (Lipinski definition) is 4. The smallest absolute Gasteiger partial charge is 0.240 e. The van der Waals surface area contributed by atoms with Crippen molar-refractivity contribution in [2.45, 2.75) is 24.7 Å². The van der Waals surface area contributed by atoms with Crippen LogP contribution in [0.15, 0.2) is 40.1 Å². The molecule has 7 heteroatoms. The number of sulfonamides is 1. The van der Waals surface area contributed by atoms with Crippen molar-refractivity contribution in [2.75, 3.05) is 6.54 Å². The van der Waals surface area contributed by atoms with Crippen LogP contribution < -0.4 is 4.72 Å². The van der Waals surface area contributed by atoms with Crippen LogP contribution in [0.3, 0.4) is 0 Å². The summed E-state index contributed by atoms with van der Waals surface area (Å²) in [5.74, 6) is -0.450. The summed E-state index contributed by atoms with van der Waals surface area (Å²) in [5, 5.41) is 3.57. The van der Waals surface area contributed by atoms with Crippen LogP contribution in [-0.2, 0) is 16.4 Å². The second kappa shape index (κ2) is 6.15. The molecule has 1 aromatic carbocycles. The van der Waals surface area contributed by atoms with Gasteiger partial charge in [0.25, 0.3) is 0 Å². The maximum atomic E-state index is 13.0. The first-order valence-electron chi connectivity index (χ1n) is 6.13. The summed E-state index contributed by atoms with van der Waals surface area (Å²) in [6.07, 6.45) is 4.42. The normalized spacial score (nSPS) is 11.7. The SMILES string of the molecule is Cc1cc(F)ccc1S(=O)(=O)NCCCc1cnoc1. The molecule has 0 spiro atoms. The van der Waals surface area contributed by atoms with E-state index in [9.17, 15) is 12.8 Å². The Balaban J connectivity index is 1.93. The van der Waals surface area contributed by atoms with Gasteiger partial charge in [-0.15, -0.1) is 0 Å². The molecule has 2 rings (SSSR count). The van der Waals surface area contributed by atoms with Gasteiger partial charge >= 0.3 is 0 Å². The van der Waals surface area contributed by atoms with E-state index < -0.39 is 15.8 Å². The van der Waals surface area contributed by atoms with Gasteiger partial charge in [0.2, 0.25) is 10.0 Å². The zero-order valence-electron chi connectivity index (χ0n) is 11.0. The lowest BCUT2D eigenvalue weighted by Gasteiger charge is -2.09. The van der Waals surface area contributed by atoms with Gasteiger partial charge in [-0.05, 0) is 43.5 Å². The Labute approximate surface area is 116 Å². The Morgan fingerprint density at radius 1 is 1.40 bits per heavy atom. The van der Waals surface area contributed by atoms with Gasteiger partial charge in [0.05, 0.1) is 11.1 Å². The van der Waals surface area contributed by atoms with E-state index in [2.05, 4.69) is 14.4 Å². The van der Waals surface area contributed by atoms with Crippen LogP contribution >= 0.6 is 0 Å². The Bertz CT molecular complexity index is 669. The third-order valence-corrected chi connectivity index (χ3v) is 4.47. The van der Waals surface area contributed by atoms with Crippen molar-refractivity contribution < 1.29 is 17.3 Å². The minimum atomic E-state index is -3.60. The maximum absolute atomic E-state index is 13.0. The fourth-order valence-electron chi connectivity index (χ4n) is 1.84. The number of benzene rings is 1. The molecule has 20 heavy (non-hydrogen) atoms. The summed E-state index contributed by atoms with van der Waals surface area (Å²) < 4.78 is 44.3. The monoisotopic (exact) mass is 298 g/mol. The predicted molar refractivity (Wildman–Crippen MR) is 71.1 cm³/mol. The van der Waals surface area contributed by atoms with Gasteiger partial charge in [-0.25, -0.2) is 17.5 Å². The minimum absolute atomic E-state index is 0.101. The lowest BCUT2D eigenvalue weighted by molar-refractivity contribution is 0.418. The molecular weight excluding hydrogens is 283 g/mol. The van der Waals surface area contributed by atoms with Crippen LogP contribution in [0.2, 0.25) is 0 Å². The molecular formula is C13H15FN2O3S. The highest BCUT2D eigenvalue weighted by Crippen LogP contribution is 2.15. The van der Waals surface area contributed by atoms with Gasteiger partial charge in [-0.3, -0.25) is 0 Å². The average Bonchev–Trinajstić information content (AvgIpc) is 2.87. The minimum Gasteiger partial charge on any atom is -0.364 e. The van der Waals surface area contributed by atoms with Crippen LogP contribution in [0.5, 0.6) is 0 Å². The van der Waals surface area contributed by atoms with Crippen molar-refractivity contribution in [1.29, 1.82) is 0 Å². The molecule has 0 saturated carbocycles. The average molecular weight is 298 g/mol. The van der Waals surface area contributed by atoms with Crippen molar-refractivity contribution in [3.63, 3.8) is 0 Å². The number of aromatic nitrogens is 1.